The fourth-order valence-electron chi connectivity index (χ4n) is 3.38. The van der Waals surface area contributed by atoms with Crippen molar-refractivity contribution in [2.24, 2.45) is 5.92 Å². The van der Waals surface area contributed by atoms with Crippen molar-refractivity contribution < 1.29 is 14.7 Å². The maximum absolute atomic E-state index is 12.0. The number of rotatable bonds is 4. The molecule has 0 saturated heterocycles. The number of carboxylic acid groups (broad SMARTS) is 1. The zero-order valence-corrected chi connectivity index (χ0v) is 12.1. The quantitative estimate of drug-likeness (QED) is 0.777. The Bertz CT molecular complexity index is 377. The van der Waals surface area contributed by atoms with Crippen molar-refractivity contribution in [3.05, 3.63) is 12.2 Å². The van der Waals surface area contributed by atoms with Crippen LogP contribution in [-0.2, 0) is 9.59 Å². The number of carboxylic acids is 1. The van der Waals surface area contributed by atoms with Gasteiger partial charge >= 0.3 is 5.97 Å². The maximum atomic E-state index is 12.0. The summed E-state index contributed by atoms with van der Waals surface area (Å²) in [6.07, 6.45) is 13.5. The van der Waals surface area contributed by atoms with Gasteiger partial charge in [0, 0.05) is 0 Å². The lowest BCUT2D eigenvalue weighted by Gasteiger charge is -2.33. The van der Waals surface area contributed by atoms with Gasteiger partial charge in [-0.3, -0.25) is 4.79 Å². The fourth-order valence-corrected chi connectivity index (χ4v) is 3.38. The van der Waals surface area contributed by atoms with E-state index in [1.54, 1.807) is 6.08 Å². The van der Waals surface area contributed by atoms with Crippen LogP contribution in [0.25, 0.3) is 0 Å². The number of aliphatic carboxylic acids is 1. The highest BCUT2D eigenvalue weighted by atomic mass is 16.4. The molecule has 2 fully saturated rings. The van der Waals surface area contributed by atoms with Crippen molar-refractivity contribution in [1.82, 2.24) is 5.32 Å². The van der Waals surface area contributed by atoms with Crippen molar-refractivity contribution in [2.45, 2.75) is 69.7 Å². The zero-order valence-electron chi connectivity index (χ0n) is 12.1. The third-order valence-electron chi connectivity index (χ3n) is 4.65. The number of hydrogen-bond donors (Lipinski definition) is 2. The van der Waals surface area contributed by atoms with Gasteiger partial charge in [0.1, 0.15) is 5.54 Å². The van der Waals surface area contributed by atoms with Crippen LogP contribution in [0.3, 0.4) is 0 Å². The average Bonchev–Trinajstić information content (AvgIpc) is 2.47. The van der Waals surface area contributed by atoms with E-state index in [-0.39, 0.29) is 5.91 Å². The van der Waals surface area contributed by atoms with Gasteiger partial charge in [-0.05, 0) is 37.7 Å². The van der Waals surface area contributed by atoms with E-state index >= 15 is 0 Å². The average molecular weight is 279 g/mol. The molecule has 0 aromatic carbocycles. The van der Waals surface area contributed by atoms with Crippen molar-refractivity contribution >= 4 is 11.9 Å². The lowest BCUT2D eigenvalue weighted by Crippen LogP contribution is -2.55. The zero-order chi connectivity index (χ0) is 14.4. The predicted molar refractivity (Wildman–Crippen MR) is 77.3 cm³/mol. The van der Waals surface area contributed by atoms with Crippen LogP contribution < -0.4 is 5.32 Å². The van der Waals surface area contributed by atoms with Gasteiger partial charge in [-0.25, -0.2) is 4.79 Å². The van der Waals surface area contributed by atoms with E-state index in [4.69, 9.17) is 0 Å². The van der Waals surface area contributed by atoms with Crippen LogP contribution in [-0.4, -0.2) is 22.5 Å². The lowest BCUT2D eigenvalue weighted by molar-refractivity contribution is -0.148. The third kappa shape index (κ3) is 3.84. The summed E-state index contributed by atoms with van der Waals surface area (Å²) < 4.78 is 0. The predicted octanol–water partition coefficient (Wildman–Crippen LogP) is 3.03. The molecule has 0 radical (unpaired) electrons. The van der Waals surface area contributed by atoms with Crippen LogP contribution in [0.15, 0.2) is 12.2 Å². The molecule has 0 bridgehead atoms. The number of hydrogen-bond acceptors (Lipinski definition) is 2. The fraction of sp³-hybridized carbons (Fsp3) is 0.750. The minimum Gasteiger partial charge on any atom is -0.480 e. The lowest BCUT2D eigenvalue weighted by atomic mass is 9.81. The number of carbonyl (C=O) groups excluding carboxylic acids is 1. The summed E-state index contributed by atoms with van der Waals surface area (Å²) in [6.45, 7) is 0. The van der Waals surface area contributed by atoms with E-state index in [1.807, 2.05) is 6.08 Å². The Kier molecular flexibility index (Phi) is 5.21. The van der Waals surface area contributed by atoms with Crippen molar-refractivity contribution in [3.8, 4) is 0 Å². The molecule has 0 atom stereocenters. The molecule has 0 aliphatic heterocycles. The summed E-state index contributed by atoms with van der Waals surface area (Å²) in [6, 6.07) is 0. The summed E-state index contributed by atoms with van der Waals surface area (Å²) in [5, 5.41) is 12.2. The molecule has 2 saturated carbocycles. The standard InChI is InChI=1S/C16H25NO3/c18-14(10-9-13-7-3-1-4-8-13)17-16(15(19)20)11-5-2-6-12-16/h9-10,13H,1-8,11-12H2,(H,17,18)(H,19,20). The van der Waals surface area contributed by atoms with Gasteiger partial charge < -0.3 is 10.4 Å². The van der Waals surface area contributed by atoms with Gasteiger partial charge in [0.2, 0.25) is 5.91 Å². The van der Waals surface area contributed by atoms with Crippen molar-refractivity contribution in [3.63, 3.8) is 0 Å². The minimum absolute atomic E-state index is 0.250. The maximum Gasteiger partial charge on any atom is 0.329 e. The van der Waals surface area contributed by atoms with Crippen LogP contribution in [0.1, 0.15) is 64.2 Å². The van der Waals surface area contributed by atoms with Gasteiger partial charge in [-0.1, -0.05) is 44.6 Å². The number of allylic oxidation sites excluding steroid dienone is 1. The first-order valence-electron chi connectivity index (χ1n) is 7.86. The van der Waals surface area contributed by atoms with E-state index in [0.717, 1.165) is 32.1 Å². The third-order valence-corrected chi connectivity index (χ3v) is 4.65. The second kappa shape index (κ2) is 6.91. The summed E-state index contributed by atoms with van der Waals surface area (Å²) in [5.74, 6) is -0.655. The van der Waals surface area contributed by atoms with Crippen LogP contribution in [0.2, 0.25) is 0 Å². The Morgan fingerprint density at radius 2 is 1.60 bits per heavy atom. The molecule has 0 spiro atoms. The van der Waals surface area contributed by atoms with Gasteiger partial charge in [0.25, 0.3) is 0 Å². The van der Waals surface area contributed by atoms with Gasteiger partial charge in [0.15, 0.2) is 0 Å². The Morgan fingerprint density at radius 3 is 2.20 bits per heavy atom. The van der Waals surface area contributed by atoms with Crippen molar-refractivity contribution in [1.29, 1.82) is 0 Å². The van der Waals surface area contributed by atoms with E-state index in [2.05, 4.69) is 5.32 Å². The Balaban J connectivity index is 1.91. The first-order chi connectivity index (χ1) is 9.62. The van der Waals surface area contributed by atoms with E-state index in [9.17, 15) is 14.7 Å². The molecule has 0 heterocycles. The van der Waals surface area contributed by atoms with E-state index in [1.165, 1.54) is 19.3 Å². The summed E-state index contributed by atoms with van der Waals surface area (Å²) in [7, 11) is 0. The Labute approximate surface area is 120 Å². The molecule has 112 valence electrons. The minimum atomic E-state index is -1.04. The first-order valence-corrected chi connectivity index (χ1v) is 7.86. The van der Waals surface area contributed by atoms with Gasteiger partial charge in [-0.15, -0.1) is 0 Å². The smallest absolute Gasteiger partial charge is 0.329 e. The van der Waals surface area contributed by atoms with E-state index in [0.29, 0.717) is 18.8 Å². The van der Waals surface area contributed by atoms with Crippen LogP contribution >= 0.6 is 0 Å². The molecule has 0 unspecified atom stereocenters. The Hall–Kier alpha value is -1.32. The molecule has 0 aromatic heterocycles. The molecular weight excluding hydrogens is 254 g/mol. The molecule has 2 rings (SSSR count). The highest BCUT2D eigenvalue weighted by molar-refractivity contribution is 5.93. The topological polar surface area (TPSA) is 66.4 Å². The molecule has 4 heteroatoms. The summed E-state index contributed by atoms with van der Waals surface area (Å²) in [5.41, 5.74) is -1.04. The molecule has 4 nitrogen and oxygen atoms in total. The van der Waals surface area contributed by atoms with Crippen LogP contribution in [0.4, 0.5) is 0 Å². The molecule has 2 aliphatic carbocycles. The SMILES string of the molecule is O=C(C=CC1CCCCC1)NC1(C(=O)O)CCCCC1. The van der Waals surface area contributed by atoms with Gasteiger partial charge in [-0.2, -0.15) is 0 Å². The second-order valence-electron chi connectivity index (χ2n) is 6.19. The molecule has 2 N–H and O–H groups in total. The Morgan fingerprint density at radius 1 is 1.00 bits per heavy atom. The second-order valence-corrected chi connectivity index (χ2v) is 6.19. The number of carbonyl (C=O) groups is 2. The highest BCUT2D eigenvalue weighted by Gasteiger charge is 2.40. The molecule has 20 heavy (non-hydrogen) atoms. The largest absolute Gasteiger partial charge is 0.480 e. The molecule has 2 aliphatic rings. The van der Waals surface area contributed by atoms with E-state index < -0.39 is 11.5 Å². The first kappa shape index (κ1) is 15.1. The van der Waals surface area contributed by atoms with Crippen LogP contribution in [0, 0.1) is 5.92 Å². The molecule has 1 amide bonds. The number of amides is 1. The van der Waals surface area contributed by atoms with Gasteiger partial charge in [0.05, 0.1) is 0 Å². The summed E-state index contributed by atoms with van der Waals surface area (Å²) in [4.78, 5) is 23.5. The number of nitrogens with one attached hydrogen (secondary N) is 1. The molecule has 0 aromatic rings. The normalized spacial score (nSPS) is 23.6. The van der Waals surface area contributed by atoms with Crippen molar-refractivity contribution in [2.75, 3.05) is 0 Å². The van der Waals surface area contributed by atoms with Crippen LogP contribution in [0.5, 0.6) is 0 Å². The summed E-state index contributed by atoms with van der Waals surface area (Å²) >= 11 is 0. The monoisotopic (exact) mass is 279 g/mol. The highest BCUT2D eigenvalue weighted by Crippen LogP contribution is 2.29. The molecular formula is C16H25NO3.